The van der Waals surface area contributed by atoms with Crippen molar-refractivity contribution in [2.24, 2.45) is 5.92 Å². The molecule has 1 aliphatic rings. The van der Waals surface area contributed by atoms with Crippen LogP contribution in [0.3, 0.4) is 0 Å². The first-order valence-corrected chi connectivity index (χ1v) is 9.38. The van der Waals surface area contributed by atoms with E-state index in [1.54, 1.807) is 31.2 Å². The van der Waals surface area contributed by atoms with Crippen LogP contribution in [-0.4, -0.2) is 30.2 Å². The van der Waals surface area contributed by atoms with Gasteiger partial charge in [0.15, 0.2) is 0 Å². The first kappa shape index (κ1) is 20.0. The van der Waals surface area contributed by atoms with Gasteiger partial charge in [-0.15, -0.1) is 0 Å². The normalized spacial score (nSPS) is 16.9. The summed E-state index contributed by atoms with van der Waals surface area (Å²) in [6.45, 7) is 2.60. The van der Waals surface area contributed by atoms with Crippen LogP contribution in [0.2, 0.25) is 0 Å². The molecule has 28 heavy (non-hydrogen) atoms. The predicted molar refractivity (Wildman–Crippen MR) is 104 cm³/mol. The molecule has 1 unspecified atom stereocenters. The van der Waals surface area contributed by atoms with E-state index in [1.807, 2.05) is 12.1 Å². The van der Waals surface area contributed by atoms with E-state index in [9.17, 15) is 14.0 Å². The molecule has 0 radical (unpaired) electrons. The maximum absolute atomic E-state index is 13.3. The average molecular weight is 385 g/mol. The summed E-state index contributed by atoms with van der Waals surface area (Å²) < 4.78 is 18.8. The number of amides is 1. The Morgan fingerprint density at radius 1 is 1.11 bits per heavy atom. The largest absolute Gasteiger partial charge is 0.481 e. The summed E-state index contributed by atoms with van der Waals surface area (Å²) in [6, 6.07) is 13.3. The number of hydrogen-bond donors (Lipinski definition) is 2. The van der Waals surface area contributed by atoms with E-state index < -0.39 is 17.3 Å². The molecule has 6 heteroatoms. The highest BCUT2D eigenvalue weighted by atomic mass is 19.1. The van der Waals surface area contributed by atoms with E-state index >= 15 is 0 Å². The van der Waals surface area contributed by atoms with Crippen molar-refractivity contribution < 1.29 is 23.8 Å². The smallest absolute Gasteiger partial charge is 0.306 e. The summed E-state index contributed by atoms with van der Waals surface area (Å²) in [5.41, 5.74) is 1.56. The Bertz CT molecular complexity index is 827. The molecule has 0 aromatic heterocycles. The van der Waals surface area contributed by atoms with E-state index in [4.69, 9.17) is 9.84 Å². The van der Waals surface area contributed by atoms with Gasteiger partial charge in [-0.05, 0) is 54.7 Å². The van der Waals surface area contributed by atoms with Gasteiger partial charge in [0.05, 0.1) is 11.3 Å². The zero-order valence-electron chi connectivity index (χ0n) is 15.8. The second kappa shape index (κ2) is 8.52. The van der Waals surface area contributed by atoms with Gasteiger partial charge in [0.1, 0.15) is 5.82 Å². The van der Waals surface area contributed by atoms with Crippen molar-refractivity contribution in [3.63, 3.8) is 0 Å². The van der Waals surface area contributed by atoms with Crippen molar-refractivity contribution in [2.75, 3.05) is 18.5 Å². The fourth-order valence-electron chi connectivity index (χ4n) is 3.55. The predicted octanol–water partition coefficient (Wildman–Crippen LogP) is 3.78. The van der Waals surface area contributed by atoms with Crippen molar-refractivity contribution in [2.45, 2.75) is 31.6 Å². The number of aliphatic carboxylic acids is 1. The van der Waals surface area contributed by atoms with Gasteiger partial charge >= 0.3 is 5.97 Å². The molecule has 2 aromatic carbocycles. The molecule has 0 spiro atoms. The van der Waals surface area contributed by atoms with E-state index in [2.05, 4.69) is 5.32 Å². The molecule has 148 valence electrons. The van der Waals surface area contributed by atoms with Gasteiger partial charge in [-0.2, -0.15) is 0 Å². The summed E-state index contributed by atoms with van der Waals surface area (Å²) in [5, 5.41) is 12.0. The van der Waals surface area contributed by atoms with Crippen molar-refractivity contribution in [1.82, 2.24) is 0 Å². The standard InChI is InChI=1S/C22H24FNO4/c1-15(20(25)26)14-16-2-8-19(9-3-16)24-21(27)22(10-12-28-13-11-22)17-4-6-18(23)7-5-17/h2-9,15H,10-14H2,1H3,(H,24,27)(H,25,26). The minimum absolute atomic E-state index is 0.144. The van der Waals surface area contributed by atoms with Gasteiger partial charge in [-0.25, -0.2) is 4.39 Å². The van der Waals surface area contributed by atoms with E-state index in [0.29, 0.717) is 38.2 Å². The highest BCUT2D eigenvalue weighted by molar-refractivity contribution is 5.99. The van der Waals surface area contributed by atoms with Gasteiger partial charge in [0.25, 0.3) is 0 Å². The van der Waals surface area contributed by atoms with E-state index in [0.717, 1.165) is 11.1 Å². The minimum atomic E-state index is -0.835. The highest BCUT2D eigenvalue weighted by Crippen LogP contribution is 2.36. The van der Waals surface area contributed by atoms with Crippen LogP contribution in [0, 0.1) is 11.7 Å². The summed E-state index contributed by atoms with van der Waals surface area (Å²) >= 11 is 0. The van der Waals surface area contributed by atoms with Crippen LogP contribution in [0.25, 0.3) is 0 Å². The average Bonchev–Trinajstić information content (AvgIpc) is 2.70. The lowest BCUT2D eigenvalue weighted by atomic mass is 9.73. The number of halogens is 1. The van der Waals surface area contributed by atoms with Crippen LogP contribution in [0.15, 0.2) is 48.5 Å². The molecule has 0 aliphatic carbocycles. The number of carbonyl (C=O) groups excluding carboxylic acids is 1. The zero-order chi connectivity index (χ0) is 20.1. The molecular weight excluding hydrogens is 361 g/mol. The Morgan fingerprint density at radius 2 is 1.71 bits per heavy atom. The molecule has 0 saturated carbocycles. The second-order valence-corrected chi connectivity index (χ2v) is 7.30. The van der Waals surface area contributed by atoms with Crippen LogP contribution < -0.4 is 5.32 Å². The number of carbonyl (C=O) groups is 2. The summed E-state index contributed by atoms with van der Waals surface area (Å²) in [4.78, 5) is 24.2. The van der Waals surface area contributed by atoms with E-state index in [1.165, 1.54) is 12.1 Å². The quantitative estimate of drug-likeness (QED) is 0.794. The topological polar surface area (TPSA) is 75.6 Å². The fraction of sp³-hybridized carbons (Fsp3) is 0.364. The molecule has 2 N–H and O–H groups in total. The molecule has 2 aromatic rings. The maximum atomic E-state index is 13.3. The number of anilines is 1. The summed E-state index contributed by atoms with van der Waals surface area (Å²) in [6.07, 6.45) is 1.48. The summed E-state index contributed by atoms with van der Waals surface area (Å²) in [5.74, 6) is -1.78. The SMILES string of the molecule is CC(Cc1ccc(NC(=O)C2(c3ccc(F)cc3)CCOCC2)cc1)C(=O)O. The molecular formula is C22H24FNO4. The molecule has 1 amide bonds. The van der Waals surface area contributed by atoms with Gasteiger partial charge < -0.3 is 15.2 Å². The number of rotatable bonds is 6. The lowest BCUT2D eigenvalue weighted by Crippen LogP contribution is -2.44. The molecule has 5 nitrogen and oxygen atoms in total. The highest BCUT2D eigenvalue weighted by Gasteiger charge is 2.41. The first-order chi connectivity index (χ1) is 13.4. The van der Waals surface area contributed by atoms with Crippen LogP contribution >= 0.6 is 0 Å². The van der Waals surface area contributed by atoms with Crippen molar-refractivity contribution in [1.29, 1.82) is 0 Å². The van der Waals surface area contributed by atoms with Gasteiger partial charge in [0, 0.05) is 18.9 Å². The van der Waals surface area contributed by atoms with Gasteiger partial charge in [0.2, 0.25) is 5.91 Å². The molecule has 1 fully saturated rings. The Morgan fingerprint density at radius 3 is 2.29 bits per heavy atom. The lowest BCUT2D eigenvalue weighted by Gasteiger charge is -2.36. The third kappa shape index (κ3) is 4.39. The van der Waals surface area contributed by atoms with Crippen molar-refractivity contribution in [3.8, 4) is 0 Å². The molecule has 1 aliphatic heterocycles. The zero-order valence-corrected chi connectivity index (χ0v) is 15.8. The van der Waals surface area contributed by atoms with Crippen LogP contribution in [0.5, 0.6) is 0 Å². The molecule has 1 atom stereocenters. The fourth-order valence-corrected chi connectivity index (χ4v) is 3.55. The number of benzene rings is 2. The van der Waals surface area contributed by atoms with Crippen molar-refractivity contribution in [3.05, 3.63) is 65.5 Å². The van der Waals surface area contributed by atoms with E-state index in [-0.39, 0.29) is 11.7 Å². The second-order valence-electron chi connectivity index (χ2n) is 7.30. The van der Waals surface area contributed by atoms with Gasteiger partial charge in [-0.1, -0.05) is 31.2 Å². The lowest BCUT2D eigenvalue weighted by molar-refractivity contribution is -0.141. The monoisotopic (exact) mass is 385 g/mol. The minimum Gasteiger partial charge on any atom is -0.481 e. The Kier molecular flexibility index (Phi) is 6.09. The number of carboxylic acids is 1. The maximum Gasteiger partial charge on any atom is 0.306 e. The summed E-state index contributed by atoms with van der Waals surface area (Å²) in [7, 11) is 0. The number of carboxylic acid groups (broad SMARTS) is 1. The van der Waals surface area contributed by atoms with Crippen LogP contribution in [-0.2, 0) is 26.2 Å². The van der Waals surface area contributed by atoms with Crippen molar-refractivity contribution >= 4 is 17.6 Å². The molecule has 1 saturated heterocycles. The molecule has 0 bridgehead atoms. The van der Waals surface area contributed by atoms with Crippen LogP contribution in [0.4, 0.5) is 10.1 Å². The first-order valence-electron chi connectivity index (χ1n) is 9.38. The van der Waals surface area contributed by atoms with Gasteiger partial charge in [-0.3, -0.25) is 9.59 Å². The Balaban J connectivity index is 1.77. The number of hydrogen-bond acceptors (Lipinski definition) is 3. The Labute approximate surface area is 163 Å². The number of nitrogens with one attached hydrogen (secondary N) is 1. The third-order valence-corrected chi connectivity index (χ3v) is 5.35. The number of ether oxygens (including phenoxy) is 1. The Hall–Kier alpha value is -2.73. The molecule has 3 rings (SSSR count). The van der Waals surface area contributed by atoms with Crippen LogP contribution in [0.1, 0.15) is 30.9 Å². The molecule has 1 heterocycles. The third-order valence-electron chi connectivity index (χ3n) is 5.35.